The molecule has 0 aliphatic carbocycles. The average Bonchev–Trinajstić information content (AvgIpc) is 3.36. The number of piperidine rings is 1. The molecule has 0 atom stereocenters. The number of aryl methyl sites for hydroxylation is 2. The van der Waals surface area contributed by atoms with Crippen LogP contribution in [-0.4, -0.2) is 50.5 Å². The molecule has 5 rings (SSSR count). The number of nitrogens with zero attached hydrogens (tertiary/aromatic N) is 5. The summed E-state index contributed by atoms with van der Waals surface area (Å²) in [7, 11) is 2.19. The first-order valence-electron chi connectivity index (χ1n) is 12.4. The van der Waals surface area contributed by atoms with Crippen molar-refractivity contribution in [2.45, 2.75) is 42.5 Å². The first kappa shape index (κ1) is 25.0. The van der Waals surface area contributed by atoms with E-state index in [1.54, 1.807) is 22.5 Å². The predicted octanol–water partition coefficient (Wildman–Crippen LogP) is 5.57. The van der Waals surface area contributed by atoms with Crippen molar-refractivity contribution in [3.63, 3.8) is 0 Å². The van der Waals surface area contributed by atoms with Gasteiger partial charge in [-0.2, -0.15) is 5.10 Å². The number of carbonyl (C=O) groups excluding carboxylic acids is 1. The lowest BCUT2D eigenvalue weighted by molar-refractivity contribution is -0.111. The number of rotatable bonds is 7. The number of benzene rings is 1. The standard InChI is InChI=1S/C28H31N7OS/c1-5-26(36)31-21-7-6-8-22(16-21)37-27-17-24(32-25-9-12-29-35(25)27)33-28-18(2)15-23(19(3)30-28)20-10-13-34(4)14-11-20/h5-9,12,15-17,20H,1,10-11,13-14H2,2-4H3,(H,31,36)(H,30,32,33). The van der Waals surface area contributed by atoms with Crippen LogP contribution in [0.3, 0.4) is 0 Å². The van der Waals surface area contributed by atoms with Gasteiger partial charge in [0, 0.05) is 28.4 Å². The number of anilines is 3. The minimum Gasteiger partial charge on any atom is -0.325 e. The Morgan fingerprint density at radius 1 is 1.14 bits per heavy atom. The molecule has 9 heteroatoms. The number of carbonyl (C=O) groups is 1. The molecule has 0 unspecified atom stereocenters. The van der Waals surface area contributed by atoms with Crippen LogP contribution in [0.15, 0.2) is 71.2 Å². The van der Waals surface area contributed by atoms with Gasteiger partial charge in [0.25, 0.3) is 0 Å². The molecule has 4 aromatic rings. The second-order valence-corrected chi connectivity index (χ2v) is 10.5. The molecular weight excluding hydrogens is 482 g/mol. The van der Waals surface area contributed by atoms with Crippen LogP contribution in [0.1, 0.15) is 35.6 Å². The zero-order valence-corrected chi connectivity index (χ0v) is 22.2. The van der Waals surface area contributed by atoms with Gasteiger partial charge in [0.05, 0.1) is 6.20 Å². The van der Waals surface area contributed by atoms with E-state index in [9.17, 15) is 4.79 Å². The molecule has 1 aromatic carbocycles. The second-order valence-electron chi connectivity index (χ2n) is 9.44. The topological polar surface area (TPSA) is 87.5 Å². The van der Waals surface area contributed by atoms with Gasteiger partial charge in [-0.05, 0) is 88.1 Å². The monoisotopic (exact) mass is 513 g/mol. The highest BCUT2D eigenvalue weighted by Gasteiger charge is 2.21. The van der Waals surface area contributed by atoms with E-state index < -0.39 is 0 Å². The summed E-state index contributed by atoms with van der Waals surface area (Å²) in [5.41, 5.74) is 4.98. The molecule has 3 aromatic heterocycles. The third-order valence-corrected chi connectivity index (χ3v) is 7.67. The van der Waals surface area contributed by atoms with Crippen LogP contribution in [0.4, 0.5) is 17.3 Å². The van der Waals surface area contributed by atoms with E-state index in [-0.39, 0.29) is 5.91 Å². The number of nitrogens with one attached hydrogen (secondary N) is 2. The van der Waals surface area contributed by atoms with Crippen LogP contribution in [0.2, 0.25) is 0 Å². The summed E-state index contributed by atoms with van der Waals surface area (Å²) in [6.45, 7) is 9.97. The highest BCUT2D eigenvalue weighted by atomic mass is 32.2. The zero-order valence-electron chi connectivity index (χ0n) is 21.4. The van der Waals surface area contributed by atoms with Crippen LogP contribution < -0.4 is 10.6 Å². The number of hydrogen-bond donors (Lipinski definition) is 2. The van der Waals surface area contributed by atoms with Gasteiger partial charge in [0.15, 0.2) is 5.65 Å². The van der Waals surface area contributed by atoms with Crippen molar-refractivity contribution in [3.8, 4) is 0 Å². The molecule has 4 heterocycles. The van der Waals surface area contributed by atoms with Crippen molar-refractivity contribution in [3.05, 3.63) is 78.1 Å². The van der Waals surface area contributed by atoms with Gasteiger partial charge in [-0.3, -0.25) is 4.79 Å². The fourth-order valence-electron chi connectivity index (χ4n) is 4.68. The molecule has 1 saturated heterocycles. The number of fused-ring (bicyclic) bond motifs is 1. The van der Waals surface area contributed by atoms with Crippen LogP contribution >= 0.6 is 11.8 Å². The van der Waals surface area contributed by atoms with Crippen molar-refractivity contribution in [2.75, 3.05) is 30.8 Å². The first-order valence-corrected chi connectivity index (χ1v) is 13.2. The van der Waals surface area contributed by atoms with E-state index >= 15 is 0 Å². The number of pyridine rings is 1. The van der Waals surface area contributed by atoms with Gasteiger partial charge < -0.3 is 15.5 Å². The lowest BCUT2D eigenvalue weighted by Crippen LogP contribution is -2.29. The SMILES string of the molecule is C=CC(=O)Nc1cccc(Sc2cc(Nc3nc(C)c(C4CCN(C)CC4)cc3C)nc3ccnn23)c1. The van der Waals surface area contributed by atoms with E-state index in [0.29, 0.717) is 17.4 Å². The van der Waals surface area contributed by atoms with Gasteiger partial charge >= 0.3 is 0 Å². The molecular formula is C28H31N7OS. The molecule has 1 fully saturated rings. The Kier molecular flexibility index (Phi) is 7.25. The lowest BCUT2D eigenvalue weighted by Gasteiger charge is -2.30. The smallest absolute Gasteiger partial charge is 0.247 e. The zero-order chi connectivity index (χ0) is 25.9. The Balaban J connectivity index is 1.41. The maximum Gasteiger partial charge on any atom is 0.247 e. The van der Waals surface area contributed by atoms with E-state index in [4.69, 9.17) is 9.97 Å². The third kappa shape index (κ3) is 5.68. The van der Waals surface area contributed by atoms with E-state index in [2.05, 4.69) is 54.2 Å². The van der Waals surface area contributed by atoms with Crippen molar-refractivity contribution in [2.24, 2.45) is 0 Å². The summed E-state index contributed by atoms with van der Waals surface area (Å²) < 4.78 is 1.81. The molecule has 2 N–H and O–H groups in total. The van der Waals surface area contributed by atoms with Crippen molar-refractivity contribution >= 4 is 40.6 Å². The van der Waals surface area contributed by atoms with Gasteiger partial charge in [-0.1, -0.05) is 30.5 Å². The number of amides is 1. The summed E-state index contributed by atoms with van der Waals surface area (Å²) in [6, 6.07) is 13.8. The molecule has 0 saturated carbocycles. The molecule has 8 nitrogen and oxygen atoms in total. The van der Waals surface area contributed by atoms with E-state index in [1.807, 2.05) is 36.4 Å². The summed E-state index contributed by atoms with van der Waals surface area (Å²) >= 11 is 1.54. The molecule has 0 bridgehead atoms. The van der Waals surface area contributed by atoms with Gasteiger partial charge in [-0.15, -0.1) is 0 Å². The maximum absolute atomic E-state index is 11.7. The van der Waals surface area contributed by atoms with E-state index in [1.165, 1.54) is 24.5 Å². The Morgan fingerprint density at radius 2 is 1.95 bits per heavy atom. The fraction of sp³-hybridized carbons (Fsp3) is 0.286. The average molecular weight is 514 g/mol. The van der Waals surface area contributed by atoms with Gasteiger partial charge in [0.1, 0.15) is 16.7 Å². The lowest BCUT2D eigenvalue weighted by atomic mass is 9.88. The van der Waals surface area contributed by atoms with Crippen molar-refractivity contribution in [1.82, 2.24) is 24.5 Å². The van der Waals surface area contributed by atoms with Crippen LogP contribution in [0.25, 0.3) is 5.65 Å². The molecule has 1 aliphatic heterocycles. The number of hydrogen-bond acceptors (Lipinski definition) is 7. The minimum absolute atomic E-state index is 0.244. The largest absolute Gasteiger partial charge is 0.325 e. The van der Waals surface area contributed by atoms with Gasteiger partial charge in [-0.25, -0.2) is 14.5 Å². The summed E-state index contributed by atoms with van der Waals surface area (Å²) in [6.07, 6.45) is 5.33. The van der Waals surface area contributed by atoms with Crippen LogP contribution in [-0.2, 0) is 4.79 Å². The highest BCUT2D eigenvalue weighted by Crippen LogP contribution is 2.34. The summed E-state index contributed by atoms with van der Waals surface area (Å²) in [4.78, 5) is 24.8. The first-order chi connectivity index (χ1) is 17.9. The molecule has 1 amide bonds. The molecule has 0 radical (unpaired) electrons. The summed E-state index contributed by atoms with van der Waals surface area (Å²) in [5, 5.41) is 11.6. The van der Waals surface area contributed by atoms with Crippen LogP contribution in [0.5, 0.6) is 0 Å². The maximum atomic E-state index is 11.7. The number of likely N-dealkylation sites (tertiary alicyclic amines) is 1. The summed E-state index contributed by atoms with van der Waals surface area (Å²) in [5.74, 6) is 1.84. The highest BCUT2D eigenvalue weighted by molar-refractivity contribution is 7.99. The Labute approximate surface area is 221 Å². The molecule has 190 valence electrons. The Bertz CT molecular complexity index is 1460. The Hall–Kier alpha value is -3.69. The third-order valence-electron chi connectivity index (χ3n) is 6.68. The van der Waals surface area contributed by atoms with Gasteiger partial charge in [0.2, 0.25) is 5.91 Å². The Morgan fingerprint density at radius 3 is 2.73 bits per heavy atom. The fourth-order valence-corrected chi connectivity index (χ4v) is 5.65. The minimum atomic E-state index is -0.244. The molecule has 1 aliphatic rings. The number of aromatic nitrogens is 4. The van der Waals surface area contributed by atoms with Crippen molar-refractivity contribution in [1.29, 1.82) is 0 Å². The molecule has 0 spiro atoms. The van der Waals surface area contributed by atoms with Crippen molar-refractivity contribution < 1.29 is 4.79 Å². The predicted molar refractivity (Wildman–Crippen MR) is 149 cm³/mol. The van der Waals surface area contributed by atoms with E-state index in [0.717, 1.165) is 45.7 Å². The normalized spacial score (nSPS) is 14.6. The molecule has 37 heavy (non-hydrogen) atoms. The van der Waals surface area contributed by atoms with Crippen LogP contribution in [0, 0.1) is 13.8 Å². The second kappa shape index (κ2) is 10.7. The quantitative estimate of drug-likeness (QED) is 0.247.